The fourth-order valence-corrected chi connectivity index (χ4v) is 5.74. The number of ether oxygens (including phenoxy) is 2. The molecule has 4 aliphatic rings. The number of hydrogen-bond acceptors (Lipinski definition) is 5. The first kappa shape index (κ1) is 25.0. The summed E-state index contributed by atoms with van der Waals surface area (Å²) in [6.07, 6.45) is 8.08. The average Bonchev–Trinajstić information content (AvgIpc) is 3.38. The minimum Gasteiger partial charge on any atom is -0.491 e. The molecule has 34 heavy (non-hydrogen) atoms. The summed E-state index contributed by atoms with van der Waals surface area (Å²) in [5.41, 5.74) is 0.732. The Morgan fingerprint density at radius 2 is 1.71 bits per heavy atom. The quantitative estimate of drug-likeness (QED) is 0.658. The number of hydrogen-bond donors (Lipinski definition) is 0. The summed E-state index contributed by atoms with van der Waals surface area (Å²) in [4.78, 5) is 32.8. The fraction of sp³-hybridized carbons (Fsp3) is 0.704. The number of para-hydroxylation sites is 1. The van der Waals surface area contributed by atoms with Crippen LogP contribution in [0.3, 0.4) is 0 Å². The lowest BCUT2D eigenvalue weighted by Crippen LogP contribution is -2.45. The maximum absolute atomic E-state index is 13.3. The van der Waals surface area contributed by atoms with E-state index in [0.717, 1.165) is 78.0 Å². The van der Waals surface area contributed by atoms with Crippen molar-refractivity contribution >= 4 is 11.8 Å². The second kappa shape index (κ2) is 12.0. The van der Waals surface area contributed by atoms with Gasteiger partial charge in [0.05, 0.1) is 18.7 Å². The molecule has 188 valence electrons. The largest absolute Gasteiger partial charge is 0.491 e. The van der Waals surface area contributed by atoms with Crippen molar-refractivity contribution in [3.63, 3.8) is 0 Å². The molecule has 0 saturated carbocycles. The van der Waals surface area contributed by atoms with Gasteiger partial charge in [0.25, 0.3) is 5.91 Å². The number of carbonyl (C=O) groups is 2. The van der Waals surface area contributed by atoms with E-state index in [9.17, 15) is 9.59 Å². The molecule has 1 aromatic carbocycles. The van der Waals surface area contributed by atoms with E-state index in [-0.39, 0.29) is 17.2 Å². The molecule has 5 rings (SSSR count). The van der Waals surface area contributed by atoms with Gasteiger partial charge in [-0.05, 0) is 69.2 Å². The molecule has 7 heteroatoms. The first-order chi connectivity index (χ1) is 16.6. The SMILES string of the molecule is COCC12CCCCN(C(=O)CCN3CCCC3)CCOc3ccccc3C(=O)N(CC1)CC2. The Bertz CT molecular complexity index is 816. The van der Waals surface area contributed by atoms with E-state index in [1.54, 1.807) is 7.11 Å². The number of fused-ring (bicyclic) bond motifs is 9. The highest BCUT2D eigenvalue weighted by atomic mass is 16.5. The molecule has 7 nitrogen and oxygen atoms in total. The monoisotopic (exact) mass is 471 g/mol. The van der Waals surface area contributed by atoms with Crippen LogP contribution < -0.4 is 4.74 Å². The fourth-order valence-electron chi connectivity index (χ4n) is 5.74. The van der Waals surface area contributed by atoms with Crippen molar-refractivity contribution < 1.29 is 19.1 Å². The van der Waals surface area contributed by atoms with Crippen LogP contribution in [0.2, 0.25) is 0 Å². The van der Waals surface area contributed by atoms with Crippen LogP contribution in [-0.4, -0.2) is 92.7 Å². The zero-order valence-corrected chi connectivity index (χ0v) is 20.8. The number of rotatable bonds is 5. The first-order valence-corrected chi connectivity index (χ1v) is 13.1. The van der Waals surface area contributed by atoms with Gasteiger partial charge in [0.2, 0.25) is 5.91 Å². The summed E-state index contributed by atoms with van der Waals surface area (Å²) >= 11 is 0. The van der Waals surface area contributed by atoms with Crippen LogP contribution in [0.4, 0.5) is 0 Å². The molecule has 2 fully saturated rings. The summed E-state index contributed by atoms with van der Waals surface area (Å²) in [5, 5.41) is 0. The first-order valence-electron chi connectivity index (χ1n) is 13.1. The van der Waals surface area contributed by atoms with Gasteiger partial charge in [-0.15, -0.1) is 0 Å². The lowest BCUT2D eigenvalue weighted by Gasteiger charge is -2.41. The summed E-state index contributed by atoms with van der Waals surface area (Å²) in [6, 6.07) is 7.51. The molecule has 0 radical (unpaired) electrons. The molecule has 1 aromatic rings. The molecule has 2 bridgehead atoms. The van der Waals surface area contributed by atoms with Crippen molar-refractivity contribution in [1.82, 2.24) is 14.7 Å². The van der Waals surface area contributed by atoms with Gasteiger partial charge in [0, 0.05) is 39.7 Å². The Balaban J connectivity index is 1.47. The second-order valence-electron chi connectivity index (χ2n) is 10.2. The Labute approximate surface area is 204 Å². The number of piperidine rings is 1. The smallest absolute Gasteiger partial charge is 0.257 e. The Morgan fingerprint density at radius 1 is 0.971 bits per heavy atom. The maximum atomic E-state index is 13.3. The zero-order chi connectivity index (χ0) is 23.8. The molecule has 0 spiro atoms. The lowest BCUT2D eigenvalue weighted by atomic mass is 9.75. The third-order valence-corrected chi connectivity index (χ3v) is 7.88. The van der Waals surface area contributed by atoms with Gasteiger partial charge in [0.1, 0.15) is 12.4 Å². The van der Waals surface area contributed by atoms with Crippen LogP contribution in [0, 0.1) is 5.41 Å². The van der Waals surface area contributed by atoms with Gasteiger partial charge in [-0.2, -0.15) is 0 Å². The van der Waals surface area contributed by atoms with Gasteiger partial charge in [0.15, 0.2) is 0 Å². The van der Waals surface area contributed by atoms with Crippen LogP contribution in [0.1, 0.15) is 61.7 Å². The van der Waals surface area contributed by atoms with Crippen molar-refractivity contribution in [2.24, 2.45) is 5.41 Å². The highest BCUT2D eigenvalue weighted by Crippen LogP contribution is 2.38. The molecule has 0 aliphatic carbocycles. The summed E-state index contributed by atoms with van der Waals surface area (Å²) in [5.74, 6) is 0.860. The summed E-state index contributed by atoms with van der Waals surface area (Å²) in [6.45, 7) is 7.00. The third-order valence-electron chi connectivity index (χ3n) is 7.88. The summed E-state index contributed by atoms with van der Waals surface area (Å²) < 4.78 is 11.7. The van der Waals surface area contributed by atoms with E-state index in [1.807, 2.05) is 34.1 Å². The number of methoxy groups -OCH3 is 1. The number of likely N-dealkylation sites (tertiary alicyclic amines) is 1. The van der Waals surface area contributed by atoms with Crippen molar-refractivity contribution in [1.29, 1.82) is 0 Å². The van der Waals surface area contributed by atoms with Gasteiger partial charge >= 0.3 is 0 Å². The minimum absolute atomic E-state index is 0.0371. The average molecular weight is 472 g/mol. The third kappa shape index (κ3) is 6.30. The number of amides is 2. The van der Waals surface area contributed by atoms with Crippen LogP contribution in [0.15, 0.2) is 24.3 Å². The molecule has 0 aromatic heterocycles. The molecule has 4 aliphatic heterocycles. The molecule has 2 amide bonds. The predicted octanol–water partition coefficient (Wildman–Crippen LogP) is 3.43. The van der Waals surface area contributed by atoms with E-state index in [1.165, 1.54) is 12.8 Å². The maximum Gasteiger partial charge on any atom is 0.257 e. The molecule has 4 heterocycles. The van der Waals surface area contributed by atoms with Gasteiger partial charge in [-0.1, -0.05) is 18.6 Å². The highest BCUT2D eigenvalue weighted by molar-refractivity contribution is 5.97. The summed E-state index contributed by atoms with van der Waals surface area (Å²) in [7, 11) is 1.77. The zero-order valence-electron chi connectivity index (χ0n) is 20.8. The minimum atomic E-state index is 0.0371. The van der Waals surface area contributed by atoms with E-state index >= 15 is 0 Å². The molecular formula is C27H41N3O4. The molecule has 0 N–H and O–H groups in total. The van der Waals surface area contributed by atoms with E-state index < -0.39 is 0 Å². The van der Waals surface area contributed by atoms with Gasteiger partial charge in [-0.3, -0.25) is 9.59 Å². The Kier molecular flexibility index (Phi) is 8.84. The van der Waals surface area contributed by atoms with E-state index in [2.05, 4.69) is 4.90 Å². The highest BCUT2D eigenvalue weighted by Gasteiger charge is 2.36. The van der Waals surface area contributed by atoms with Gasteiger partial charge in [-0.25, -0.2) is 0 Å². The van der Waals surface area contributed by atoms with Crippen LogP contribution in [0.5, 0.6) is 5.75 Å². The second-order valence-corrected chi connectivity index (χ2v) is 10.2. The van der Waals surface area contributed by atoms with Crippen molar-refractivity contribution in [2.75, 3.05) is 66.1 Å². The van der Waals surface area contributed by atoms with Crippen LogP contribution in [0.25, 0.3) is 0 Å². The van der Waals surface area contributed by atoms with Gasteiger partial charge < -0.3 is 24.2 Å². The Hall–Kier alpha value is -2.12. The van der Waals surface area contributed by atoms with E-state index in [0.29, 0.717) is 30.9 Å². The van der Waals surface area contributed by atoms with Crippen LogP contribution in [-0.2, 0) is 9.53 Å². The molecule has 2 saturated heterocycles. The normalized spacial score (nSPS) is 22.1. The lowest BCUT2D eigenvalue weighted by molar-refractivity contribution is -0.132. The number of carbonyl (C=O) groups excluding carboxylic acids is 2. The standard InChI is InChI=1S/C27H41N3O4/c1-33-22-27-11-4-5-16-29(25(31)10-17-28-14-6-7-15-28)20-21-34-24-9-3-2-8-23(24)26(32)30(18-12-27)19-13-27/h2-3,8-9H,4-7,10-22H2,1H3. The van der Waals surface area contributed by atoms with E-state index in [4.69, 9.17) is 9.47 Å². The van der Waals surface area contributed by atoms with Crippen LogP contribution >= 0.6 is 0 Å². The number of benzene rings is 1. The Morgan fingerprint density at radius 3 is 2.47 bits per heavy atom. The van der Waals surface area contributed by atoms with Crippen molar-refractivity contribution in [3.8, 4) is 5.75 Å². The van der Waals surface area contributed by atoms with Crippen molar-refractivity contribution in [3.05, 3.63) is 29.8 Å². The molecular weight excluding hydrogens is 430 g/mol. The van der Waals surface area contributed by atoms with Crippen molar-refractivity contribution in [2.45, 2.75) is 51.4 Å². The topological polar surface area (TPSA) is 62.3 Å². The molecule has 0 unspecified atom stereocenters. The number of nitrogens with zero attached hydrogens (tertiary/aromatic N) is 3. The molecule has 0 atom stereocenters. The predicted molar refractivity (Wildman–Crippen MR) is 132 cm³/mol.